The van der Waals surface area contributed by atoms with Gasteiger partial charge in [-0.25, -0.2) is 14.5 Å². The van der Waals surface area contributed by atoms with Crippen molar-refractivity contribution in [3.05, 3.63) is 35.9 Å². The van der Waals surface area contributed by atoms with Crippen molar-refractivity contribution in [2.75, 3.05) is 20.2 Å². The summed E-state index contributed by atoms with van der Waals surface area (Å²) >= 11 is 0. The summed E-state index contributed by atoms with van der Waals surface area (Å²) in [5, 5.41) is 3.00. The number of hydrogen-bond donors (Lipinski definition) is 1. The Morgan fingerprint density at radius 3 is 2.39 bits per heavy atom. The first-order chi connectivity index (χ1) is 15.4. The highest BCUT2D eigenvalue weighted by Crippen LogP contribution is 2.20. The lowest BCUT2D eigenvalue weighted by Gasteiger charge is -2.28. The second-order valence-electron chi connectivity index (χ2n) is 9.14. The molecule has 3 amide bonds. The number of rotatable bonds is 9. The van der Waals surface area contributed by atoms with Crippen LogP contribution in [0.15, 0.2) is 30.3 Å². The number of ether oxygens (including phenoxy) is 2. The Morgan fingerprint density at radius 1 is 1.18 bits per heavy atom. The van der Waals surface area contributed by atoms with E-state index in [-0.39, 0.29) is 13.2 Å². The van der Waals surface area contributed by atoms with Gasteiger partial charge in [0.05, 0.1) is 19.2 Å². The molecule has 0 radical (unpaired) electrons. The molecular weight excluding hydrogens is 426 g/mol. The molecule has 1 aliphatic rings. The third-order valence-electron chi connectivity index (χ3n) is 5.16. The molecule has 0 aliphatic carbocycles. The van der Waals surface area contributed by atoms with Crippen LogP contribution in [-0.4, -0.2) is 77.6 Å². The van der Waals surface area contributed by atoms with Gasteiger partial charge in [0.2, 0.25) is 5.91 Å². The number of nitrogens with one attached hydrogen (secondary N) is 1. The number of urea groups is 1. The Balaban J connectivity index is 2.14. The van der Waals surface area contributed by atoms with Gasteiger partial charge in [-0.15, -0.1) is 0 Å². The van der Waals surface area contributed by atoms with Crippen molar-refractivity contribution in [1.29, 1.82) is 0 Å². The quantitative estimate of drug-likeness (QED) is 0.562. The average Bonchev–Trinajstić information content (AvgIpc) is 3.04. The van der Waals surface area contributed by atoms with Gasteiger partial charge in [0, 0.05) is 7.05 Å². The number of amides is 3. The lowest BCUT2D eigenvalue weighted by atomic mass is 10.0. The Labute approximate surface area is 195 Å². The van der Waals surface area contributed by atoms with Gasteiger partial charge >= 0.3 is 18.0 Å². The first kappa shape index (κ1) is 26.3. The standard InChI is InChI=1S/C24H35N3O6/c1-7-32-21(29)18(14-13-17-11-9-8-10-12-17)25-16(2)20(28)27-19(15-26(6)23(27)31)22(30)33-24(3,4)5/h8-12,16,18-19,25H,7,13-15H2,1-6H3/t16-,18+,19-/m0/s1. The highest BCUT2D eigenvalue weighted by Gasteiger charge is 2.46. The maximum absolute atomic E-state index is 13.2. The van der Waals surface area contributed by atoms with E-state index >= 15 is 0 Å². The van der Waals surface area contributed by atoms with E-state index in [2.05, 4.69) is 5.32 Å². The van der Waals surface area contributed by atoms with Gasteiger partial charge < -0.3 is 14.4 Å². The van der Waals surface area contributed by atoms with E-state index in [0.29, 0.717) is 12.8 Å². The van der Waals surface area contributed by atoms with Crippen LogP contribution in [0, 0.1) is 0 Å². The molecule has 1 N–H and O–H groups in total. The molecule has 3 atom stereocenters. The van der Waals surface area contributed by atoms with Crippen molar-refractivity contribution in [2.24, 2.45) is 0 Å². The third kappa shape index (κ3) is 7.28. The molecule has 1 aromatic carbocycles. The van der Waals surface area contributed by atoms with Crippen molar-refractivity contribution < 1.29 is 28.7 Å². The lowest BCUT2D eigenvalue weighted by molar-refractivity contribution is -0.162. The van der Waals surface area contributed by atoms with E-state index in [1.807, 2.05) is 30.3 Å². The fourth-order valence-corrected chi connectivity index (χ4v) is 3.58. The summed E-state index contributed by atoms with van der Waals surface area (Å²) in [6.07, 6.45) is 1.01. The number of nitrogens with zero attached hydrogens (tertiary/aromatic N) is 2. The molecule has 1 heterocycles. The van der Waals surface area contributed by atoms with Crippen LogP contribution in [0.2, 0.25) is 0 Å². The molecule has 9 heteroatoms. The van der Waals surface area contributed by atoms with Crippen molar-refractivity contribution in [1.82, 2.24) is 15.1 Å². The summed E-state index contributed by atoms with van der Waals surface area (Å²) in [4.78, 5) is 53.3. The summed E-state index contributed by atoms with van der Waals surface area (Å²) in [6, 6.07) is 6.37. The molecule has 0 unspecified atom stereocenters. The van der Waals surface area contributed by atoms with Crippen LogP contribution >= 0.6 is 0 Å². The smallest absolute Gasteiger partial charge is 0.331 e. The highest BCUT2D eigenvalue weighted by molar-refractivity contribution is 6.03. The number of likely N-dealkylation sites (N-methyl/N-ethyl adjacent to an activating group) is 1. The SMILES string of the molecule is CCOC(=O)[C@@H](CCc1ccccc1)N[C@@H](C)C(=O)N1C(=O)N(C)C[C@H]1C(=O)OC(C)(C)C. The van der Waals surface area contributed by atoms with Gasteiger partial charge in [-0.3, -0.25) is 14.9 Å². The Bertz CT molecular complexity index is 852. The fraction of sp³-hybridized carbons (Fsp3) is 0.583. The van der Waals surface area contributed by atoms with Crippen molar-refractivity contribution >= 4 is 23.9 Å². The molecule has 9 nitrogen and oxygen atoms in total. The van der Waals surface area contributed by atoms with E-state index in [0.717, 1.165) is 10.5 Å². The van der Waals surface area contributed by atoms with Gasteiger partial charge in [-0.05, 0) is 53.0 Å². The number of esters is 2. The van der Waals surface area contributed by atoms with Crippen molar-refractivity contribution in [3.8, 4) is 0 Å². The minimum absolute atomic E-state index is 0.0432. The van der Waals surface area contributed by atoms with E-state index in [4.69, 9.17) is 9.47 Å². The summed E-state index contributed by atoms with van der Waals surface area (Å²) in [7, 11) is 1.52. The molecule has 33 heavy (non-hydrogen) atoms. The van der Waals surface area contributed by atoms with Crippen molar-refractivity contribution in [3.63, 3.8) is 0 Å². The number of benzene rings is 1. The first-order valence-electron chi connectivity index (χ1n) is 11.2. The zero-order chi connectivity index (χ0) is 24.8. The molecule has 0 aromatic heterocycles. The van der Waals surface area contributed by atoms with Gasteiger partial charge in [0.15, 0.2) is 6.04 Å². The molecular formula is C24H35N3O6. The Kier molecular flexibility index (Phi) is 8.99. The topological polar surface area (TPSA) is 105 Å². The van der Waals surface area contributed by atoms with Crippen LogP contribution in [0.3, 0.4) is 0 Å². The minimum atomic E-state index is -1.05. The second-order valence-corrected chi connectivity index (χ2v) is 9.14. The molecule has 1 saturated heterocycles. The van der Waals surface area contributed by atoms with E-state index in [1.54, 1.807) is 34.6 Å². The molecule has 182 valence electrons. The summed E-state index contributed by atoms with van der Waals surface area (Å²) < 4.78 is 10.6. The van der Waals surface area contributed by atoms with Crippen LogP contribution in [0.5, 0.6) is 0 Å². The van der Waals surface area contributed by atoms with Gasteiger partial charge in [0.25, 0.3) is 0 Å². The lowest BCUT2D eigenvalue weighted by Crippen LogP contribution is -2.55. The number of carbonyl (C=O) groups excluding carboxylic acids is 4. The predicted molar refractivity (Wildman–Crippen MR) is 122 cm³/mol. The minimum Gasteiger partial charge on any atom is -0.465 e. The number of aryl methyl sites for hydroxylation is 1. The maximum atomic E-state index is 13.2. The molecule has 0 spiro atoms. The van der Waals surface area contributed by atoms with Crippen LogP contribution < -0.4 is 5.32 Å². The zero-order valence-corrected chi connectivity index (χ0v) is 20.3. The van der Waals surface area contributed by atoms with Gasteiger partial charge in [0.1, 0.15) is 11.6 Å². The zero-order valence-electron chi connectivity index (χ0n) is 20.3. The maximum Gasteiger partial charge on any atom is 0.331 e. The van der Waals surface area contributed by atoms with E-state index < -0.39 is 47.6 Å². The van der Waals surface area contributed by atoms with Crippen LogP contribution in [0.4, 0.5) is 4.79 Å². The fourth-order valence-electron chi connectivity index (χ4n) is 3.58. The first-order valence-corrected chi connectivity index (χ1v) is 11.2. The number of hydrogen-bond acceptors (Lipinski definition) is 7. The van der Waals surface area contributed by atoms with Crippen molar-refractivity contribution in [2.45, 2.75) is 71.2 Å². The summed E-state index contributed by atoms with van der Waals surface area (Å²) in [5.41, 5.74) is 0.292. The average molecular weight is 462 g/mol. The number of imide groups is 1. The Morgan fingerprint density at radius 2 is 1.82 bits per heavy atom. The van der Waals surface area contributed by atoms with E-state index in [1.165, 1.54) is 11.9 Å². The second kappa shape index (κ2) is 11.3. The normalized spacial score (nSPS) is 18.1. The van der Waals surface area contributed by atoms with Crippen LogP contribution in [0.25, 0.3) is 0 Å². The summed E-state index contributed by atoms with van der Waals surface area (Å²) in [5.74, 6) is -1.72. The van der Waals surface area contributed by atoms with Crippen LogP contribution in [-0.2, 0) is 30.3 Å². The molecule has 1 aliphatic heterocycles. The Hall–Kier alpha value is -2.94. The summed E-state index contributed by atoms with van der Waals surface area (Å²) in [6.45, 7) is 8.69. The number of carbonyl (C=O) groups is 4. The van der Waals surface area contributed by atoms with Gasteiger partial charge in [-0.1, -0.05) is 30.3 Å². The predicted octanol–water partition coefficient (Wildman–Crippen LogP) is 2.13. The largest absolute Gasteiger partial charge is 0.465 e. The molecule has 2 rings (SSSR count). The van der Waals surface area contributed by atoms with E-state index in [9.17, 15) is 19.2 Å². The van der Waals surface area contributed by atoms with Crippen LogP contribution in [0.1, 0.15) is 46.6 Å². The molecule has 0 saturated carbocycles. The molecule has 0 bridgehead atoms. The third-order valence-corrected chi connectivity index (χ3v) is 5.16. The monoisotopic (exact) mass is 461 g/mol. The van der Waals surface area contributed by atoms with Gasteiger partial charge in [-0.2, -0.15) is 0 Å². The molecule has 1 fully saturated rings. The molecule has 1 aromatic rings. The highest BCUT2D eigenvalue weighted by atomic mass is 16.6.